The van der Waals surface area contributed by atoms with Crippen LogP contribution in [0.1, 0.15) is 27.2 Å². The fourth-order valence-corrected chi connectivity index (χ4v) is 1.98. The molecule has 94 valence electrons. The van der Waals surface area contributed by atoms with Crippen LogP contribution in [-0.4, -0.2) is 29.9 Å². The van der Waals surface area contributed by atoms with Crippen LogP contribution in [-0.2, 0) is 4.79 Å². The number of anilines is 1. The smallest absolute Gasteiger partial charge is 0.225 e. The first-order valence-corrected chi connectivity index (χ1v) is 6.26. The Labute approximate surface area is 104 Å². The Morgan fingerprint density at radius 1 is 1.24 bits per heavy atom. The molecule has 3 heteroatoms. The van der Waals surface area contributed by atoms with Gasteiger partial charge in [-0.15, -0.1) is 0 Å². The summed E-state index contributed by atoms with van der Waals surface area (Å²) in [5, 5.41) is 2.91. The normalized spacial score (nSPS) is 12.5. The first-order chi connectivity index (χ1) is 8.17. The van der Waals surface area contributed by atoms with Crippen LogP contribution in [0.3, 0.4) is 0 Å². The van der Waals surface area contributed by atoms with Gasteiger partial charge in [0.1, 0.15) is 0 Å². The minimum Gasteiger partial charge on any atom is -0.326 e. The largest absolute Gasteiger partial charge is 0.326 e. The SMILES string of the molecule is CCN(CC)[C@H](C)CC(=O)Nc1ccccc1. The third-order valence-electron chi connectivity index (χ3n) is 2.97. The number of benzene rings is 1. The minimum absolute atomic E-state index is 0.0793. The van der Waals surface area contributed by atoms with E-state index in [0.29, 0.717) is 6.42 Å². The number of hydrogen-bond acceptors (Lipinski definition) is 2. The second-order valence-corrected chi connectivity index (χ2v) is 4.19. The number of hydrogen-bond donors (Lipinski definition) is 1. The highest BCUT2D eigenvalue weighted by atomic mass is 16.1. The molecule has 0 aliphatic heterocycles. The third-order valence-corrected chi connectivity index (χ3v) is 2.97. The minimum atomic E-state index is 0.0793. The molecular formula is C14H22N2O. The predicted octanol–water partition coefficient (Wildman–Crippen LogP) is 2.75. The van der Waals surface area contributed by atoms with E-state index in [1.165, 1.54) is 0 Å². The monoisotopic (exact) mass is 234 g/mol. The van der Waals surface area contributed by atoms with Gasteiger partial charge in [-0.1, -0.05) is 32.0 Å². The van der Waals surface area contributed by atoms with Gasteiger partial charge in [0.2, 0.25) is 5.91 Å². The van der Waals surface area contributed by atoms with Gasteiger partial charge >= 0.3 is 0 Å². The van der Waals surface area contributed by atoms with Crippen molar-refractivity contribution in [2.75, 3.05) is 18.4 Å². The molecule has 1 rings (SSSR count). The van der Waals surface area contributed by atoms with Crippen molar-refractivity contribution in [3.05, 3.63) is 30.3 Å². The van der Waals surface area contributed by atoms with E-state index >= 15 is 0 Å². The van der Waals surface area contributed by atoms with E-state index in [4.69, 9.17) is 0 Å². The summed E-state index contributed by atoms with van der Waals surface area (Å²) in [5.41, 5.74) is 0.865. The van der Waals surface area contributed by atoms with Gasteiger partial charge in [0.25, 0.3) is 0 Å². The summed E-state index contributed by atoms with van der Waals surface area (Å²) in [6, 6.07) is 9.87. The number of rotatable bonds is 6. The van der Waals surface area contributed by atoms with Gasteiger partial charge in [0.15, 0.2) is 0 Å². The van der Waals surface area contributed by atoms with Crippen LogP contribution in [0.15, 0.2) is 30.3 Å². The molecule has 0 radical (unpaired) electrons. The Hall–Kier alpha value is -1.35. The highest BCUT2D eigenvalue weighted by Gasteiger charge is 2.14. The van der Waals surface area contributed by atoms with E-state index in [1.807, 2.05) is 30.3 Å². The van der Waals surface area contributed by atoms with Crippen molar-refractivity contribution in [1.82, 2.24) is 4.90 Å². The average Bonchev–Trinajstić information content (AvgIpc) is 2.31. The van der Waals surface area contributed by atoms with Crippen LogP contribution in [0.4, 0.5) is 5.69 Å². The van der Waals surface area contributed by atoms with Crippen LogP contribution in [0, 0.1) is 0 Å². The second-order valence-electron chi connectivity index (χ2n) is 4.19. The third kappa shape index (κ3) is 4.57. The lowest BCUT2D eigenvalue weighted by Crippen LogP contribution is -2.35. The van der Waals surface area contributed by atoms with Crippen molar-refractivity contribution in [3.63, 3.8) is 0 Å². The van der Waals surface area contributed by atoms with Gasteiger partial charge in [-0.05, 0) is 32.1 Å². The standard InChI is InChI=1S/C14H22N2O/c1-4-16(5-2)12(3)11-14(17)15-13-9-7-6-8-10-13/h6-10,12H,4-5,11H2,1-3H3,(H,15,17)/t12-/m1/s1. The molecule has 0 bridgehead atoms. The summed E-state index contributed by atoms with van der Waals surface area (Å²) in [4.78, 5) is 14.1. The number of nitrogens with zero attached hydrogens (tertiary/aromatic N) is 1. The van der Waals surface area contributed by atoms with E-state index in [0.717, 1.165) is 18.8 Å². The molecular weight excluding hydrogens is 212 g/mol. The molecule has 0 unspecified atom stereocenters. The van der Waals surface area contributed by atoms with Gasteiger partial charge in [-0.3, -0.25) is 4.79 Å². The molecule has 0 saturated carbocycles. The summed E-state index contributed by atoms with van der Waals surface area (Å²) < 4.78 is 0. The van der Waals surface area contributed by atoms with Crippen molar-refractivity contribution in [3.8, 4) is 0 Å². The first-order valence-electron chi connectivity index (χ1n) is 6.26. The number of para-hydroxylation sites is 1. The van der Waals surface area contributed by atoms with Crippen molar-refractivity contribution < 1.29 is 4.79 Å². The maximum atomic E-state index is 11.8. The summed E-state index contributed by atoms with van der Waals surface area (Å²) in [7, 11) is 0. The molecule has 17 heavy (non-hydrogen) atoms. The highest BCUT2D eigenvalue weighted by Crippen LogP contribution is 2.08. The van der Waals surface area contributed by atoms with E-state index in [1.54, 1.807) is 0 Å². The summed E-state index contributed by atoms with van der Waals surface area (Å²) >= 11 is 0. The zero-order chi connectivity index (χ0) is 12.7. The van der Waals surface area contributed by atoms with Gasteiger partial charge < -0.3 is 10.2 Å². The number of carbonyl (C=O) groups is 1. The molecule has 0 fully saturated rings. The molecule has 1 amide bonds. The maximum absolute atomic E-state index is 11.8. The molecule has 1 N–H and O–H groups in total. The van der Waals surface area contributed by atoms with E-state index in [-0.39, 0.29) is 11.9 Å². The van der Waals surface area contributed by atoms with E-state index in [2.05, 4.69) is 31.0 Å². The Balaban J connectivity index is 2.44. The van der Waals surface area contributed by atoms with Crippen LogP contribution in [0.5, 0.6) is 0 Å². The zero-order valence-corrected chi connectivity index (χ0v) is 10.9. The zero-order valence-electron chi connectivity index (χ0n) is 10.9. The van der Waals surface area contributed by atoms with Crippen LogP contribution < -0.4 is 5.32 Å². The lowest BCUT2D eigenvalue weighted by molar-refractivity contribution is -0.117. The van der Waals surface area contributed by atoms with Gasteiger partial charge in [-0.25, -0.2) is 0 Å². The highest BCUT2D eigenvalue weighted by molar-refractivity contribution is 5.90. The molecule has 3 nitrogen and oxygen atoms in total. The summed E-state index contributed by atoms with van der Waals surface area (Å²) in [6.07, 6.45) is 0.538. The fraction of sp³-hybridized carbons (Fsp3) is 0.500. The second kappa shape index (κ2) is 7.07. The molecule has 0 spiro atoms. The maximum Gasteiger partial charge on any atom is 0.225 e. The topological polar surface area (TPSA) is 32.3 Å². The van der Waals surface area contributed by atoms with E-state index < -0.39 is 0 Å². The fourth-order valence-electron chi connectivity index (χ4n) is 1.98. The van der Waals surface area contributed by atoms with Crippen molar-refractivity contribution in [2.24, 2.45) is 0 Å². The molecule has 0 saturated heterocycles. The Bertz CT molecular complexity index is 333. The number of nitrogens with one attached hydrogen (secondary N) is 1. The lowest BCUT2D eigenvalue weighted by Gasteiger charge is -2.25. The number of carbonyl (C=O) groups excluding carboxylic acids is 1. The van der Waals surface area contributed by atoms with Gasteiger partial charge in [0.05, 0.1) is 0 Å². The molecule has 1 aromatic carbocycles. The van der Waals surface area contributed by atoms with E-state index in [9.17, 15) is 4.79 Å². The van der Waals surface area contributed by atoms with Crippen molar-refractivity contribution in [1.29, 1.82) is 0 Å². The van der Waals surface area contributed by atoms with Crippen molar-refractivity contribution >= 4 is 11.6 Å². The van der Waals surface area contributed by atoms with Crippen LogP contribution >= 0.6 is 0 Å². The lowest BCUT2D eigenvalue weighted by atomic mass is 10.2. The molecule has 0 aromatic heterocycles. The first kappa shape index (κ1) is 13.7. The van der Waals surface area contributed by atoms with Crippen LogP contribution in [0.2, 0.25) is 0 Å². The van der Waals surface area contributed by atoms with Gasteiger partial charge in [0, 0.05) is 18.2 Å². The molecule has 0 aliphatic carbocycles. The Kier molecular flexibility index (Phi) is 5.70. The predicted molar refractivity (Wildman–Crippen MR) is 72.1 cm³/mol. The molecule has 0 heterocycles. The Morgan fingerprint density at radius 2 is 1.82 bits per heavy atom. The van der Waals surface area contributed by atoms with Crippen molar-refractivity contribution in [2.45, 2.75) is 33.2 Å². The summed E-state index contributed by atoms with van der Waals surface area (Å²) in [5.74, 6) is 0.0793. The quantitative estimate of drug-likeness (QED) is 0.821. The Morgan fingerprint density at radius 3 is 2.35 bits per heavy atom. The van der Waals surface area contributed by atoms with Crippen LogP contribution in [0.25, 0.3) is 0 Å². The number of amides is 1. The molecule has 0 aliphatic rings. The summed E-state index contributed by atoms with van der Waals surface area (Å²) in [6.45, 7) is 8.30. The molecule has 1 atom stereocenters. The average molecular weight is 234 g/mol. The molecule has 1 aromatic rings. The van der Waals surface area contributed by atoms with Gasteiger partial charge in [-0.2, -0.15) is 0 Å².